The van der Waals surface area contributed by atoms with Gasteiger partial charge in [-0.1, -0.05) is 17.8 Å². The molecule has 1 atom stereocenters. The van der Waals surface area contributed by atoms with Crippen molar-refractivity contribution < 1.29 is 4.74 Å². The van der Waals surface area contributed by atoms with E-state index in [1.165, 1.54) is 17.7 Å². The Morgan fingerprint density at radius 1 is 1.56 bits per heavy atom. The molecule has 1 aliphatic heterocycles. The van der Waals surface area contributed by atoms with E-state index in [0.29, 0.717) is 6.10 Å². The van der Waals surface area contributed by atoms with E-state index in [9.17, 15) is 0 Å². The van der Waals surface area contributed by atoms with Gasteiger partial charge < -0.3 is 4.74 Å². The van der Waals surface area contributed by atoms with Gasteiger partial charge in [-0.2, -0.15) is 0 Å². The lowest BCUT2D eigenvalue weighted by atomic mass is 10.3. The third-order valence-electron chi connectivity index (χ3n) is 2.86. The average Bonchev–Trinajstić information content (AvgIpc) is 3.09. The number of thioether (sulfide) groups is 1. The van der Waals surface area contributed by atoms with Crippen molar-refractivity contribution in [1.29, 1.82) is 0 Å². The van der Waals surface area contributed by atoms with Crippen LogP contribution in [0.1, 0.15) is 23.5 Å². The van der Waals surface area contributed by atoms with Crippen molar-refractivity contribution in [3.8, 4) is 0 Å². The number of thiophene rings is 1. The Labute approximate surface area is 114 Å². The lowest BCUT2D eigenvalue weighted by molar-refractivity contribution is 0.129. The average molecular weight is 281 g/mol. The third-order valence-corrected chi connectivity index (χ3v) is 4.71. The molecule has 2 aromatic rings. The first-order valence-electron chi connectivity index (χ1n) is 6.08. The highest BCUT2D eigenvalue weighted by Gasteiger charge is 2.16. The van der Waals surface area contributed by atoms with Crippen molar-refractivity contribution in [2.45, 2.75) is 30.5 Å². The van der Waals surface area contributed by atoms with E-state index in [1.54, 1.807) is 23.1 Å². The molecule has 0 unspecified atom stereocenters. The van der Waals surface area contributed by atoms with Gasteiger partial charge >= 0.3 is 0 Å². The number of hydrogen-bond donors (Lipinski definition) is 1. The molecule has 96 valence electrons. The van der Waals surface area contributed by atoms with E-state index in [1.807, 2.05) is 0 Å². The Hall–Kier alpha value is -0.850. The fourth-order valence-corrected chi connectivity index (χ4v) is 3.53. The molecule has 1 saturated heterocycles. The summed E-state index contributed by atoms with van der Waals surface area (Å²) in [7, 11) is 0. The number of H-pyrrole nitrogens is 1. The molecule has 0 radical (unpaired) electrons. The predicted molar refractivity (Wildman–Crippen MR) is 73.2 cm³/mol. The van der Waals surface area contributed by atoms with E-state index < -0.39 is 0 Å². The van der Waals surface area contributed by atoms with Crippen LogP contribution in [0.3, 0.4) is 0 Å². The lowest BCUT2D eigenvalue weighted by Crippen LogP contribution is -2.07. The van der Waals surface area contributed by atoms with Gasteiger partial charge in [0.05, 0.1) is 6.10 Å². The second kappa shape index (κ2) is 5.86. The van der Waals surface area contributed by atoms with Crippen LogP contribution in [0.2, 0.25) is 0 Å². The lowest BCUT2D eigenvalue weighted by Gasteiger charge is -2.05. The van der Waals surface area contributed by atoms with Crippen molar-refractivity contribution in [1.82, 2.24) is 15.2 Å². The standard InChI is InChI=1S/C12H15N3OS2/c1-3-9(16-5-1)8-18-12-13-11(14-15-12)7-10-4-2-6-17-10/h2,4,6,9H,1,3,5,7-8H2,(H,13,14,15)/t9-/m0/s1. The topological polar surface area (TPSA) is 50.8 Å². The molecule has 1 N–H and O–H groups in total. The quantitative estimate of drug-likeness (QED) is 0.856. The minimum absolute atomic E-state index is 0.384. The van der Waals surface area contributed by atoms with Gasteiger partial charge in [0.1, 0.15) is 5.82 Å². The summed E-state index contributed by atoms with van der Waals surface area (Å²) in [5.74, 6) is 1.89. The Balaban J connectivity index is 1.52. The van der Waals surface area contributed by atoms with E-state index in [-0.39, 0.29) is 0 Å². The molecule has 0 aromatic carbocycles. The molecule has 6 heteroatoms. The van der Waals surface area contributed by atoms with Gasteiger partial charge in [-0.25, -0.2) is 4.98 Å². The molecule has 18 heavy (non-hydrogen) atoms. The number of nitrogens with one attached hydrogen (secondary N) is 1. The van der Waals surface area contributed by atoms with Crippen LogP contribution in [0.15, 0.2) is 22.7 Å². The molecule has 1 fully saturated rings. The summed E-state index contributed by atoms with van der Waals surface area (Å²) in [5, 5.41) is 10.1. The Morgan fingerprint density at radius 3 is 3.33 bits per heavy atom. The van der Waals surface area contributed by atoms with Gasteiger partial charge in [0, 0.05) is 23.7 Å². The number of aromatic amines is 1. The van der Waals surface area contributed by atoms with Crippen molar-refractivity contribution in [3.63, 3.8) is 0 Å². The maximum Gasteiger partial charge on any atom is 0.208 e. The zero-order valence-electron chi connectivity index (χ0n) is 9.96. The van der Waals surface area contributed by atoms with Gasteiger partial charge in [-0.15, -0.1) is 16.4 Å². The van der Waals surface area contributed by atoms with Gasteiger partial charge in [-0.3, -0.25) is 5.10 Å². The normalized spacial score (nSPS) is 19.4. The molecule has 0 bridgehead atoms. The molecule has 0 amide bonds. The van der Waals surface area contributed by atoms with Crippen LogP contribution < -0.4 is 0 Å². The second-order valence-corrected chi connectivity index (χ2v) is 6.29. The highest BCUT2D eigenvalue weighted by molar-refractivity contribution is 7.99. The minimum atomic E-state index is 0.384. The molecular weight excluding hydrogens is 266 g/mol. The van der Waals surface area contributed by atoms with Gasteiger partial charge in [0.15, 0.2) is 0 Å². The van der Waals surface area contributed by atoms with E-state index in [0.717, 1.165) is 29.8 Å². The molecule has 0 spiro atoms. The maximum absolute atomic E-state index is 5.58. The first kappa shape index (κ1) is 12.2. The molecule has 2 aromatic heterocycles. The number of nitrogens with zero attached hydrogens (tertiary/aromatic N) is 2. The second-order valence-electron chi connectivity index (χ2n) is 4.27. The number of aromatic nitrogens is 3. The smallest absolute Gasteiger partial charge is 0.208 e. The third kappa shape index (κ3) is 3.13. The highest BCUT2D eigenvalue weighted by Crippen LogP contribution is 2.21. The summed E-state index contributed by atoms with van der Waals surface area (Å²) >= 11 is 3.42. The Bertz CT molecular complexity index is 477. The number of rotatable bonds is 5. The first-order chi connectivity index (χ1) is 8.90. The maximum atomic E-state index is 5.58. The van der Waals surface area contributed by atoms with Crippen molar-refractivity contribution in [2.75, 3.05) is 12.4 Å². The van der Waals surface area contributed by atoms with Gasteiger partial charge in [0.2, 0.25) is 5.16 Å². The summed E-state index contributed by atoms with van der Waals surface area (Å²) in [5.41, 5.74) is 0. The van der Waals surface area contributed by atoms with E-state index >= 15 is 0 Å². The summed E-state index contributed by atoms with van der Waals surface area (Å²) in [6.07, 6.45) is 3.57. The Kier molecular flexibility index (Phi) is 3.97. The first-order valence-corrected chi connectivity index (χ1v) is 7.95. The Morgan fingerprint density at radius 2 is 2.56 bits per heavy atom. The largest absolute Gasteiger partial charge is 0.377 e. The molecular formula is C12H15N3OS2. The summed E-state index contributed by atoms with van der Waals surface area (Å²) in [4.78, 5) is 5.80. The molecule has 0 aliphatic carbocycles. The zero-order valence-corrected chi connectivity index (χ0v) is 11.6. The SMILES string of the molecule is c1csc(Cc2nc(SC[C@@H]3CCCO3)n[nH]2)c1. The number of hydrogen-bond acceptors (Lipinski definition) is 5. The van der Waals surface area contributed by atoms with E-state index in [2.05, 4.69) is 32.7 Å². The molecule has 3 heterocycles. The van der Waals surface area contributed by atoms with Gasteiger partial charge in [0.25, 0.3) is 0 Å². The summed E-state index contributed by atoms with van der Waals surface area (Å²) < 4.78 is 5.58. The van der Waals surface area contributed by atoms with Crippen molar-refractivity contribution in [2.24, 2.45) is 0 Å². The van der Waals surface area contributed by atoms with E-state index in [4.69, 9.17) is 4.74 Å². The molecule has 4 nitrogen and oxygen atoms in total. The highest BCUT2D eigenvalue weighted by atomic mass is 32.2. The van der Waals surface area contributed by atoms with Crippen LogP contribution in [-0.4, -0.2) is 33.6 Å². The van der Waals surface area contributed by atoms with Crippen molar-refractivity contribution >= 4 is 23.1 Å². The molecule has 0 saturated carbocycles. The van der Waals surface area contributed by atoms with Crippen LogP contribution in [0.25, 0.3) is 0 Å². The van der Waals surface area contributed by atoms with Crippen LogP contribution >= 0.6 is 23.1 Å². The van der Waals surface area contributed by atoms with Crippen LogP contribution in [0.5, 0.6) is 0 Å². The molecule has 1 aliphatic rings. The molecule has 3 rings (SSSR count). The monoisotopic (exact) mass is 281 g/mol. The van der Waals surface area contributed by atoms with Crippen LogP contribution in [0, 0.1) is 0 Å². The summed E-state index contributed by atoms with van der Waals surface area (Å²) in [6.45, 7) is 0.906. The predicted octanol–water partition coefficient (Wildman–Crippen LogP) is 2.73. The van der Waals surface area contributed by atoms with Crippen LogP contribution in [0.4, 0.5) is 0 Å². The summed E-state index contributed by atoms with van der Waals surface area (Å²) in [6, 6.07) is 4.18. The van der Waals surface area contributed by atoms with Crippen molar-refractivity contribution in [3.05, 3.63) is 28.2 Å². The van der Waals surface area contributed by atoms with Gasteiger partial charge in [-0.05, 0) is 24.3 Å². The minimum Gasteiger partial charge on any atom is -0.377 e. The fourth-order valence-electron chi connectivity index (χ4n) is 1.94. The van der Waals surface area contributed by atoms with Crippen LogP contribution in [-0.2, 0) is 11.2 Å². The fraction of sp³-hybridized carbons (Fsp3) is 0.500. The number of ether oxygens (including phenoxy) is 1. The zero-order chi connectivity index (χ0) is 12.2.